The van der Waals surface area contributed by atoms with Crippen LogP contribution in [0.2, 0.25) is 0 Å². The van der Waals surface area contributed by atoms with Gasteiger partial charge in [0.15, 0.2) is 0 Å². The SMILES string of the molecule is Cc1ccccc1C(C)NC(=O)c1cccc(S(=O)(=O)N2CCOCC2)c1. The molecule has 0 aliphatic carbocycles. The fourth-order valence-corrected chi connectivity index (χ4v) is 4.62. The number of nitrogens with one attached hydrogen (secondary N) is 1. The van der Waals surface area contributed by atoms with Crippen LogP contribution in [0.1, 0.15) is 34.5 Å². The molecule has 7 heteroatoms. The summed E-state index contributed by atoms with van der Waals surface area (Å²) in [6.45, 7) is 5.31. The van der Waals surface area contributed by atoms with Gasteiger partial charge in [-0.05, 0) is 43.2 Å². The van der Waals surface area contributed by atoms with Gasteiger partial charge in [-0.25, -0.2) is 8.42 Å². The predicted molar refractivity (Wildman–Crippen MR) is 103 cm³/mol. The zero-order chi connectivity index (χ0) is 19.4. The average molecular weight is 388 g/mol. The monoisotopic (exact) mass is 388 g/mol. The van der Waals surface area contributed by atoms with Crippen molar-refractivity contribution >= 4 is 15.9 Å². The summed E-state index contributed by atoms with van der Waals surface area (Å²) in [4.78, 5) is 12.8. The van der Waals surface area contributed by atoms with Crippen LogP contribution in [0.4, 0.5) is 0 Å². The highest BCUT2D eigenvalue weighted by Gasteiger charge is 2.27. The van der Waals surface area contributed by atoms with Gasteiger partial charge >= 0.3 is 0 Å². The zero-order valence-electron chi connectivity index (χ0n) is 15.5. The Bertz CT molecular complexity index is 921. The van der Waals surface area contributed by atoms with Crippen molar-refractivity contribution in [2.24, 2.45) is 0 Å². The van der Waals surface area contributed by atoms with E-state index in [1.165, 1.54) is 16.4 Å². The number of benzene rings is 2. The van der Waals surface area contributed by atoms with Crippen molar-refractivity contribution < 1.29 is 17.9 Å². The fraction of sp³-hybridized carbons (Fsp3) is 0.350. The van der Waals surface area contributed by atoms with Gasteiger partial charge in [-0.15, -0.1) is 0 Å². The van der Waals surface area contributed by atoms with E-state index in [0.717, 1.165) is 11.1 Å². The van der Waals surface area contributed by atoms with E-state index in [9.17, 15) is 13.2 Å². The number of carbonyl (C=O) groups excluding carboxylic acids is 1. The second kappa shape index (κ2) is 8.21. The molecule has 2 aromatic carbocycles. The molecule has 2 aromatic rings. The topological polar surface area (TPSA) is 75.7 Å². The van der Waals surface area contributed by atoms with Crippen LogP contribution in [-0.2, 0) is 14.8 Å². The number of hydrogen-bond donors (Lipinski definition) is 1. The van der Waals surface area contributed by atoms with Crippen molar-refractivity contribution in [2.75, 3.05) is 26.3 Å². The molecule has 0 aromatic heterocycles. The van der Waals surface area contributed by atoms with Crippen molar-refractivity contribution in [2.45, 2.75) is 24.8 Å². The van der Waals surface area contributed by atoms with Gasteiger partial charge in [-0.2, -0.15) is 4.31 Å². The van der Waals surface area contributed by atoms with Crippen LogP contribution >= 0.6 is 0 Å². The van der Waals surface area contributed by atoms with Crippen molar-refractivity contribution in [1.29, 1.82) is 0 Å². The van der Waals surface area contributed by atoms with Crippen LogP contribution in [-0.4, -0.2) is 44.9 Å². The molecule has 1 N–H and O–H groups in total. The van der Waals surface area contributed by atoms with Gasteiger partial charge in [0.25, 0.3) is 5.91 Å². The maximum absolute atomic E-state index is 12.8. The van der Waals surface area contributed by atoms with Crippen molar-refractivity contribution in [1.82, 2.24) is 9.62 Å². The molecule has 1 aliphatic rings. The number of ether oxygens (including phenoxy) is 1. The summed E-state index contributed by atoms with van der Waals surface area (Å²) in [6.07, 6.45) is 0. The number of nitrogens with zero attached hydrogens (tertiary/aromatic N) is 1. The quantitative estimate of drug-likeness (QED) is 0.854. The summed E-state index contributed by atoms with van der Waals surface area (Å²) in [5.74, 6) is -0.301. The summed E-state index contributed by atoms with van der Waals surface area (Å²) < 4.78 is 32.2. The third kappa shape index (κ3) is 4.37. The van der Waals surface area contributed by atoms with E-state index in [1.54, 1.807) is 12.1 Å². The Morgan fingerprint density at radius 2 is 1.81 bits per heavy atom. The maximum Gasteiger partial charge on any atom is 0.251 e. The first-order valence-corrected chi connectivity index (χ1v) is 10.4. The summed E-state index contributed by atoms with van der Waals surface area (Å²) in [6, 6.07) is 13.8. The molecule has 1 amide bonds. The number of carbonyl (C=O) groups is 1. The van der Waals surface area contributed by atoms with Crippen molar-refractivity contribution in [3.63, 3.8) is 0 Å². The highest BCUT2D eigenvalue weighted by Crippen LogP contribution is 2.20. The normalized spacial score (nSPS) is 16.7. The molecule has 1 heterocycles. The summed E-state index contributed by atoms with van der Waals surface area (Å²) in [5, 5.41) is 2.94. The number of morpholine rings is 1. The first-order valence-electron chi connectivity index (χ1n) is 8.94. The molecule has 1 unspecified atom stereocenters. The number of sulfonamides is 1. The molecule has 27 heavy (non-hydrogen) atoms. The Hall–Kier alpha value is -2.22. The summed E-state index contributed by atoms with van der Waals surface area (Å²) in [5.41, 5.74) is 2.45. The van der Waals surface area contributed by atoms with E-state index in [0.29, 0.717) is 31.9 Å². The zero-order valence-corrected chi connectivity index (χ0v) is 16.3. The largest absolute Gasteiger partial charge is 0.379 e. The second-order valence-corrected chi connectivity index (χ2v) is 8.53. The molecular weight excluding hydrogens is 364 g/mol. The van der Waals surface area contributed by atoms with Crippen LogP contribution in [0.15, 0.2) is 53.4 Å². The number of aryl methyl sites for hydroxylation is 1. The Morgan fingerprint density at radius 1 is 1.11 bits per heavy atom. The van der Waals surface area contributed by atoms with Crippen LogP contribution < -0.4 is 5.32 Å². The number of hydrogen-bond acceptors (Lipinski definition) is 4. The first kappa shape index (κ1) is 19.5. The van der Waals surface area contributed by atoms with Gasteiger partial charge in [-0.3, -0.25) is 4.79 Å². The van der Waals surface area contributed by atoms with Gasteiger partial charge in [0.05, 0.1) is 24.2 Å². The maximum atomic E-state index is 12.8. The van der Waals surface area contributed by atoms with E-state index < -0.39 is 10.0 Å². The third-order valence-corrected chi connectivity index (χ3v) is 6.60. The minimum Gasteiger partial charge on any atom is -0.379 e. The lowest BCUT2D eigenvalue weighted by atomic mass is 10.0. The molecule has 1 aliphatic heterocycles. The molecule has 0 bridgehead atoms. The lowest BCUT2D eigenvalue weighted by molar-refractivity contribution is 0.0730. The van der Waals surface area contributed by atoms with Crippen molar-refractivity contribution in [3.8, 4) is 0 Å². The molecule has 144 valence electrons. The van der Waals surface area contributed by atoms with Crippen LogP contribution in [0.25, 0.3) is 0 Å². The average Bonchev–Trinajstić information content (AvgIpc) is 2.69. The molecule has 1 atom stereocenters. The molecule has 0 radical (unpaired) electrons. The standard InChI is InChI=1S/C20H24N2O4S/c1-15-6-3-4-9-19(15)16(2)21-20(23)17-7-5-8-18(14-17)27(24,25)22-10-12-26-13-11-22/h3-9,14,16H,10-13H2,1-2H3,(H,21,23). The van der Waals surface area contributed by atoms with Crippen LogP contribution in [0.5, 0.6) is 0 Å². The molecule has 1 fully saturated rings. The van der Waals surface area contributed by atoms with Gasteiger partial charge in [0.1, 0.15) is 0 Å². The minimum atomic E-state index is -3.63. The Morgan fingerprint density at radius 3 is 2.52 bits per heavy atom. The molecule has 3 rings (SSSR count). The fourth-order valence-electron chi connectivity index (χ4n) is 3.16. The number of rotatable bonds is 5. The summed E-state index contributed by atoms with van der Waals surface area (Å²) >= 11 is 0. The van der Waals surface area contributed by atoms with E-state index in [1.807, 2.05) is 38.1 Å². The molecule has 0 spiro atoms. The Kier molecular flexibility index (Phi) is 5.94. The second-order valence-electron chi connectivity index (χ2n) is 6.60. The predicted octanol–water partition coefficient (Wildman–Crippen LogP) is 2.51. The molecule has 6 nitrogen and oxygen atoms in total. The van der Waals surface area contributed by atoms with E-state index in [-0.39, 0.29) is 16.8 Å². The minimum absolute atomic E-state index is 0.126. The summed E-state index contributed by atoms with van der Waals surface area (Å²) in [7, 11) is -3.63. The highest BCUT2D eigenvalue weighted by molar-refractivity contribution is 7.89. The molecule has 1 saturated heterocycles. The van der Waals surface area contributed by atoms with E-state index in [4.69, 9.17) is 4.74 Å². The lowest BCUT2D eigenvalue weighted by Crippen LogP contribution is -2.40. The van der Waals surface area contributed by atoms with E-state index >= 15 is 0 Å². The van der Waals surface area contributed by atoms with Crippen molar-refractivity contribution in [3.05, 3.63) is 65.2 Å². The number of amides is 1. The van der Waals surface area contributed by atoms with Crippen LogP contribution in [0.3, 0.4) is 0 Å². The molecule has 0 saturated carbocycles. The smallest absolute Gasteiger partial charge is 0.251 e. The van der Waals surface area contributed by atoms with Gasteiger partial charge < -0.3 is 10.1 Å². The van der Waals surface area contributed by atoms with Gasteiger partial charge in [-0.1, -0.05) is 30.3 Å². The Labute approximate surface area is 160 Å². The van der Waals surface area contributed by atoms with E-state index in [2.05, 4.69) is 5.32 Å². The van der Waals surface area contributed by atoms with Gasteiger partial charge in [0.2, 0.25) is 10.0 Å². The first-order chi connectivity index (χ1) is 12.9. The Balaban J connectivity index is 1.78. The third-order valence-electron chi connectivity index (χ3n) is 4.71. The van der Waals surface area contributed by atoms with Gasteiger partial charge in [0, 0.05) is 18.7 Å². The lowest BCUT2D eigenvalue weighted by Gasteiger charge is -2.26. The highest BCUT2D eigenvalue weighted by atomic mass is 32.2. The van der Waals surface area contributed by atoms with Crippen LogP contribution in [0, 0.1) is 6.92 Å². The molecular formula is C20H24N2O4S.